The number of rotatable bonds is 2. The fourth-order valence-corrected chi connectivity index (χ4v) is 2.12. The van der Waals surface area contributed by atoms with Crippen LogP contribution in [0.4, 0.5) is 0 Å². The van der Waals surface area contributed by atoms with E-state index < -0.39 is 5.97 Å². The number of hydrogen-bond acceptors (Lipinski definition) is 1. The van der Waals surface area contributed by atoms with Gasteiger partial charge in [0.2, 0.25) is 0 Å². The standard InChI is InChI=1S/C11H7BrClNO2/c12-8-3-1-2-4-9(8)14-6-7(13)5-10(14)11(15)16/h1-6H,(H,15,16). The molecule has 3 nitrogen and oxygen atoms in total. The summed E-state index contributed by atoms with van der Waals surface area (Å²) in [5, 5.41) is 9.43. The van der Waals surface area contributed by atoms with E-state index in [0.29, 0.717) is 5.02 Å². The van der Waals surface area contributed by atoms with Crippen molar-refractivity contribution in [1.29, 1.82) is 0 Å². The molecule has 1 N–H and O–H groups in total. The van der Waals surface area contributed by atoms with Crippen molar-refractivity contribution in [2.45, 2.75) is 0 Å². The highest BCUT2D eigenvalue weighted by atomic mass is 79.9. The molecule has 1 heterocycles. The number of nitrogens with zero attached hydrogens (tertiary/aromatic N) is 1. The first-order chi connectivity index (χ1) is 7.59. The van der Waals surface area contributed by atoms with E-state index in [-0.39, 0.29) is 5.69 Å². The molecule has 1 aromatic heterocycles. The van der Waals surface area contributed by atoms with Crippen molar-refractivity contribution in [3.05, 3.63) is 51.7 Å². The highest BCUT2D eigenvalue weighted by Gasteiger charge is 2.14. The summed E-state index contributed by atoms with van der Waals surface area (Å²) < 4.78 is 2.35. The summed E-state index contributed by atoms with van der Waals surface area (Å²) in [6.07, 6.45) is 1.57. The van der Waals surface area contributed by atoms with Crippen LogP contribution in [0.25, 0.3) is 5.69 Å². The zero-order chi connectivity index (χ0) is 11.7. The molecule has 2 aromatic rings. The maximum absolute atomic E-state index is 11.0. The maximum Gasteiger partial charge on any atom is 0.352 e. The second-order valence-corrected chi connectivity index (χ2v) is 4.46. The van der Waals surface area contributed by atoms with Crippen LogP contribution in [0.3, 0.4) is 0 Å². The molecule has 82 valence electrons. The lowest BCUT2D eigenvalue weighted by atomic mass is 10.3. The molecule has 0 spiro atoms. The lowest BCUT2D eigenvalue weighted by Crippen LogP contribution is -2.05. The van der Waals surface area contributed by atoms with E-state index in [9.17, 15) is 4.79 Å². The molecule has 0 aliphatic heterocycles. The van der Waals surface area contributed by atoms with Gasteiger partial charge in [-0.1, -0.05) is 23.7 Å². The summed E-state index contributed by atoms with van der Waals surface area (Å²) in [6.45, 7) is 0. The quantitative estimate of drug-likeness (QED) is 0.921. The number of benzene rings is 1. The van der Waals surface area contributed by atoms with Crippen LogP contribution in [-0.4, -0.2) is 15.6 Å². The highest BCUT2D eigenvalue weighted by molar-refractivity contribution is 9.10. The van der Waals surface area contributed by atoms with Gasteiger partial charge in [0.05, 0.1) is 10.7 Å². The minimum absolute atomic E-state index is 0.136. The average Bonchev–Trinajstić information content (AvgIpc) is 2.61. The molecular weight excluding hydrogens is 293 g/mol. The zero-order valence-electron chi connectivity index (χ0n) is 8.02. The van der Waals surface area contributed by atoms with Crippen molar-refractivity contribution < 1.29 is 9.90 Å². The van der Waals surface area contributed by atoms with Crippen molar-refractivity contribution in [3.8, 4) is 5.69 Å². The third kappa shape index (κ3) is 1.99. The van der Waals surface area contributed by atoms with Gasteiger partial charge in [-0.25, -0.2) is 4.79 Å². The molecule has 0 aliphatic carbocycles. The molecule has 5 heteroatoms. The Morgan fingerprint density at radius 1 is 1.38 bits per heavy atom. The molecule has 0 aliphatic rings. The van der Waals surface area contributed by atoms with Crippen LogP contribution in [0.15, 0.2) is 41.0 Å². The van der Waals surface area contributed by atoms with E-state index in [1.165, 1.54) is 10.6 Å². The molecule has 0 bridgehead atoms. The molecule has 16 heavy (non-hydrogen) atoms. The van der Waals surface area contributed by atoms with Crippen molar-refractivity contribution in [2.75, 3.05) is 0 Å². The van der Waals surface area contributed by atoms with Gasteiger partial charge in [0.15, 0.2) is 0 Å². The molecule has 0 radical (unpaired) electrons. The lowest BCUT2D eigenvalue weighted by Gasteiger charge is -2.07. The first-order valence-corrected chi connectivity index (χ1v) is 5.63. The summed E-state index contributed by atoms with van der Waals surface area (Å²) in [5.41, 5.74) is 0.878. The molecule has 2 rings (SSSR count). The SMILES string of the molecule is O=C(O)c1cc(Cl)cn1-c1ccccc1Br. The van der Waals surface area contributed by atoms with Gasteiger partial charge in [0.25, 0.3) is 0 Å². The summed E-state index contributed by atoms with van der Waals surface area (Å²) in [4.78, 5) is 11.0. The van der Waals surface area contributed by atoms with Crippen molar-refractivity contribution in [3.63, 3.8) is 0 Å². The average molecular weight is 301 g/mol. The van der Waals surface area contributed by atoms with Crippen LogP contribution >= 0.6 is 27.5 Å². The zero-order valence-corrected chi connectivity index (χ0v) is 10.4. The Morgan fingerprint density at radius 2 is 2.06 bits per heavy atom. The monoisotopic (exact) mass is 299 g/mol. The molecule has 0 saturated heterocycles. The van der Waals surface area contributed by atoms with Gasteiger partial charge in [0.1, 0.15) is 5.69 Å². The van der Waals surface area contributed by atoms with Crippen LogP contribution in [0.1, 0.15) is 10.5 Å². The molecule has 0 atom stereocenters. The van der Waals surface area contributed by atoms with Gasteiger partial charge in [-0.15, -0.1) is 0 Å². The number of carboxylic acid groups (broad SMARTS) is 1. The fraction of sp³-hybridized carbons (Fsp3) is 0. The topological polar surface area (TPSA) is 42.2 Å². The van der Waals surface area contributed by atoms with E-state index in [1.54, 1.807) is 6.20 Å². The summed E-state index contributed by atoms with van der Waals surface area (Å²) in [5.74, 6) is -1.01. The second kappa shape index (κ2) is 4.31. The third-order valence-corrected chi connectivity index (χ3v) is 2.99. The number of halogens is 2. The van der Waals surface area contributed by atoms with E-state index in [1.807, 2.05) is 24.3 Å². The van der Waals surface area contributed by atoms with Crippen LogP contribution < -0.4 is 0 Å². The smallest absolute Gasteiger partial charge is 0.352 e. The largest absolute Gasteiger partial charge is 0.477 e. The van der Waals surface area contributed by atoms with E-state index >= 15 is 0 Å². The molecule has 0 amide bonds. The van der Waals surface area contributed by atoms with Gasteiger partial charge >= 0.3 is 5.97 Å². The summed E-state index contributed by atoms with van der Waals surface area (Å²) in [7, 11) is 0. The lowest BCUT2D eigenvalue weighted by molar-refractivity contribution is 0.0688. The number of carboxylic acids is 1. The summed E-state index contributed by atoms with van der Waals surface area (Å²) in [6, 6.07) is 8.77. The van der Waals surface area contributed by atoms with E-state index in [0.717, 1.165) is 10.2 Å². The molecule has 1 aromatic carbocycles. The van der Waals surface area contributed by atoms with Crippen molar-refractivity contribution in [1.82, 2.24) is 4.57 Å². The molecular formula is C11H7BrClNO2. The molecule has 0 unspecified atom stereocenters. The van der Waals surface area contributed by atoms with Crippen LogP contribution in [-0.2, 0) is 0 Å². The third-order valence-electron chi connectivity index (χ3n) is 2.12. The Hall–Kier alpha value is -1.26. The van der Waals surface area contributed by atoms with Gasteiger partial charge in [-0.3, -0.25) is 0 Å². The number of aromatic nitrogens is 1. The highest BCUT2D eigenvalue weighted by Crippen LogP contribution is 2.25. The Bertz CT molecular complexity index is 551. The minimum Gasteiger partial charge on any atom is -0.477 e. The van der Waals surface area contributed by atoms with Gasteiger partial charge in [-0.2, -0.15) is 0 Å². The van der Waals surface area contributed by atoms with Crippen LogP contribution in [0.5, 0.6) is 0 Å². The van der Waals surface area contributed by atoms with Gasteiger partial charge in [-0.05, 0) is 34.1 Å². The first-order valence-electron chi connectivity index (χ1n) is 4.45. The normalized spacial score (nSPS) is 10.4. The van der Waals surface area contributed by atoms with Crippen molar-refractivity contribution in [2.24, 2.45) is 0 Å². The number of hydrogen-bond donors (Lipinski definition) is 1. The molecule has 0 saturated carbocycles. The van der Waals surface area contributed by atoms with E-state index in [2.05, 4.69) is 15.9 Å². The Labute approximate surface area is 105 Å². The van der Waals surface area contributed by atoms with Crippen molar-refractivity contribution >= 4 is 33.5 Å². The maximum atomic E-state index is 11.0. The summed E-state index contributed by atoms with van der Waals surface area (Å²) >= 11 is 9.18. The first kappa shape index (κ1) is 11.2. The second-order valence-electron chi connectivity index (χ2n) is 3.17. The van der Waals surface area contributed by atoms with Gasteiger partial charge in [0, 0.05) is 10.7 Å². The molecule has 0 fully saturated rings. The van der Waals surface area contributed by atoms with Crippen LogP contribution in [0.2, 0.25) is 5.02 Å². The number of para-hydroxylation sites is 1. The Balaban J connectivity index is 2.64. The van der Waals surface area contributed by atoms with Gasteiger partial charge < -0.3 is 9.67 Å². The fourth-order valence-electron chi connectivity index (χ4n) is 1.44. The minimum atomic E-state index is -1.01. The predicted molar refractivity (Wildman–Crippen MR) is 65.4 cm³/mol. The van der Waals surface area contributed by atoms with Crippen LogP contribution in [0, 0.1) is 0 Å². The number of carbonyl (C=O) groups is 1. The van der Waals surface area contributed by atoms with E-state index in [4.69, 9.17) is 16.7 Å². The Morgan fingerprint density at radius 3 is 2.69 bits per heavy atom. The number of aromatic carboxylic acids is 1. The predicted octanol–water partition coefficient (Wildman–Crippen LogP) is 3.59. The Kier molecular flexibility index (Phi) is 3.03.